The van der Waals surface area contributed by atoms with Gasteiger partial charge in [0.25, 0.3) is 0 Å². The third-order valence-corrected chi connectivity index (χ3v) is 5.84. The van der Waals surface area contributed by atoms with E-state index in [4.69, 9.17) is 5.73 Å². The zero-order valence-corrected chi connectivity index (χ0v) is 14.1. The molecule has 0 aliphatic carbocycles. The average Bonchev–Trinajstić information content (AvgIpc) is 2.39. The number of hydrogen-bond acceptors (Lipinski definition) is 4. The Kier molecular flexibility index (Phi) is 5.09. The standard InChI is InChI=1S/C14H21BrN2O2S/c1-2-13(16)10-11-9-12(15)3-4-14(11)17-5-7-20(18,19)8-6-17/h3-4,9,13H,2,5-8,10,16H2,1H3. The number of hydrogen-bond donors (Lipinski definition) is 1. The molecule has 1 aliphatic rings. The third kappa shape index (κ3) is 3.96. The molecule has 1 atom stereocenters. The van der Waals surface area contributed by atoms with Crippen molar-refractivity contribution >= 4 is 31.5 Å². The molecule has 1 fully saturated rings. The summed E-state index contributed by atoms with van der Waals surface area (Å²) in [6.07, 6.45) is 1.74. The van der Waals surface area contributed by atoms with E-state index in [1.165, 1.54) is 5.56 Å². The Hall–Kier alpha value is -0.590. The van der Waals surface area contributed by atoms with E-state index in [1.54, 1.807) is 0 Å². The van der Waals surface area contributed by atoms with Crippen molar-refractivity contribution in [2.45, 2.75) is 25.8 Å². The molecule has 112 valence electrons. The number of nitrogens with two attached hydrogens (primary N) is 1. The minimum Gasteiger partial charge on any atom is -0.369 e. The molecule has 1 heterocycles. The molecule has 20 heavy (non-hydrogen) atoms. The number of halogens is 1. The lowest BCUT2D eigenvalue weighted by Crippen LogP contribution is -2.41. The predicted molar refractivity (Wildman–Crippen MR) is 87.0 cm³/mol. The first-order valence-electron chi connectivity index (χ1n) is 6.90. The SMILES string of the molecule is CCC(N)Cc1cc(Br)ccc1N1CCS(=O)(=O)CC1. The van der Waals surface area contributed by atoms with E-state index in [9.17, 15) is 8.42 Å². The van der Waals surface area contributed by atoms with Crippen LogP contribution in [-0.2, 0) is 16.3 Å². The largest absolute Gasteiger partial charge is 0.369 e. The van der Waals surface area contributed by atoms with Crippen molar-refractivity contribution in [2.24, 2.45) is 5.73 Å². The maximum Gasteiger partial charge on any atom is 0.153 e. The Bertz CT molecular complexity index is 561. The molecule has 1 saturated heterocycles. The minimum atomic E-state index is -2.85. The van der Waals surface area contributed by atoms with Crippen molar-refractivity contribution in [3.05, 3.63) is 28.2 Å². The quantitative estimate of drug-likeness (QED) is 0.891. The van der Waals surface area contributed by atoms with Gasteiger partial charge in [-0.15, -0.1) is 0 Å². The number of anilines is 1. The normalized spacial score (nSPS) is 19.9. The van der Waals surface area contributed by atoms with Crippen LogP contribution in [0.2, 0.25) is 0 Å². The van der Waals surface area contributed by atoms with Crippen molar-refractivity contribution in [3.8, 4) is 0 Å². The second-order valence-corrected chi connectivity index (χ2v) is 8.50. The number of rotatable bonds is 4. The molecule has 0 amide bonds. The Balaban J connectivity index is 2.22. The monoisotopic (exact) mass is 360 g/mol. The van der Waals surface area contributed by atoms with Gasteiger partial charge in [0.2, 0.25) is 0 Å². The van der Waals surface area contributed by atoms with E-state index in [2.05, 4.69) is 39.9 Å². The summed E-state index contributed by atoms with van der Waals surface area (Å²) < 4.78 is 24.1. The summed E-state index contributed by atoms with van der Waals surface area (Å²) in [6.45, 7) is 3.21. The Morgan fingerprint density at radius 1 is 1.35 bits per heavy atom. The van der Waals surface area contributed by atoms with Crippen LogP contribution in [0.5, 0.6) is 0 Å². The highest BCUT2D eigenvalue weighted by atomic mass is 79.9. The van der Waals surface area contributed by atoms with Gasteiger partial charge < -0.3 is 10.6 Å². The molecule has 2 rings (SSSR count). The molecule has 0 radical (unpaired) electrons. The summed E-state index contributed by atoms with van der Waals surface area (Å²) in [6, 6.07) is 6.28. The van der Waals surface area contributed by atoms with Crippen LogP contribution in [-0.4, -0.2) is 39.1 Å². The molecule has 2 N–H and O–H groups in total. The predicted octanol–water partition coefficient (Wildman–Crippen LogP) is 1.96. The molecule has 0 aromatic heterocycles. The Morgan fingerprint density at radius 3 is 2.60 bits per heavy atom. The molecule has 1 unspecified atom stereocenters. The molecule has 1 aliphatic heterocycles. The summed E-state index contributed by atoms with van der Waals surface area (Å²) in [5, 5.41) is 0. The van der Waals surface area contributed by atoms with Gasteiger partial charge in [-0.05, 0) is 36.6 Å². The topological polar surface area (TPSA) is 63.4 Å². The van der Waals surface area contributed by atoms with Crippen LogP contribution < -0.4 is 10.6 Å². The van der Waals surface area contributed by atoms with E-state index < -0.39 is 9.84 Å². The molecule has 0 spiro atoms. The number of sulfone groups is 1. The van der Waals surface area contributed by atoms with Gasteiger partial charge in [-0.1, -0.05) is 22.9 Å². The van der Waals surface area contributed by atoms with Gasteiger partial charge in [-0.25, -0.2) is 8.42 Å². The molecular weight excluding hydrogens is 340 g/mol. The number of benzene rings is 1. The zero-order chi connectivity index (χ0) is 14.8. The summed E-state index contributed by atoms with van der Waals surface area (Å²) in [5.41, 5.74) is 8.37. The highest BCUT2D eigenvalue weighted by Crippen LogP contribution is 2.27. The molecule has 1 aromatic rings. The summed E-state index contributed by atoms with van der Waals surface area (Å²) in [7, 11) is -2.85. The maximum atomic E-state index is 11.5. The highest BCUT2D eigenvalue weighted by Gasteiger charge is 2.23. The van der Waals surface area contributed by atoms with E-state index in [0.717, 1.165) is 23.0 Å². The first-order valence-corrected chi connectivity index (χ1v) is 9.52. The Labute approximate surface area is 129 Å². The molecule has 0 bridgehead atoms. The highest BCUT2D eigenvalue weighted by molar-refractivity contribution is 9.10. The van der Waals surface area contributed by atoms with Gasteiger partial charge in [0, 0.05) is 29.3 Å². The lowest BCUT2D eigenvalue weighted by molar-refractivity contribution is 0.586. The van der Waals surface area contributed by atoms with Crippen LogP contribution >= 0.6 is 15.9 Å². The second-order valence-electron chi connectivity index (χ2n) is 5.28. The summed E-state index contributed by atoms with van der Waals surface area (Å²) in [5.74, 6) is 0.477. The maximum absolute atomic E-state index is 11.5. The van der Waals surface area contributed by atoms with E-state index in [1.807, 2.05) is 6.07 Å². The fourth-order valence-electron chi connectivity index (χ4n) is 2.41. The van der Waals surface area contributed by atoms with Crippen LogP contribution in [0.1, 0.15) is 18.9 Å². The molecule has 1 aromatic carbocycles. The summed E-state index contributed by atoms with van der Waals surface area (Å²) >= 11 is 3.50. The van der Waals surface area contributed by atoms with Crippen molar-refractivity contribution in [2.75, 3.05) is 29.5 Å². The van der Waals surface area contributed by atoms with Gasteiger partial charge in [-0.3, -0.25) is 0 Å². The zero-order valence-electron chi connectivity index (χ0n) is 11.7. The van der Waals surface area contributed by atoms with Crippen LogP contribution in [0.25, 0.3) is 0 Å². The lowest BCUT2D eigenvalue weighted by atomic mass is 10.0. The van der Waals surface area contributed by atoms with E-state index in [-0.39, 0.29) is 17.5 Å². The van der Waals surface area contributed by atoms with Gasteiger partial charge in [0.05, 0.1) is 11.5 Å². The van der Waals surface area contributed by atoms with Crippen LogP contribution in [0.4, 0.5) is 5.69 Å². The van der Waals surface area contributed by atoms with Gasteiger partial charge in [0.1, 0.15) is 0 Å². The first kappa shape index (κ1) is 15.8. The lowest BCUT2D eigenvalue weighted by Gasteiger charge is -2.31. The van der Waals surface area contributed by atoms with Crippen molar-refractivity contribution < 1.29 is 8.42 Å². The van der Waals surface area contributed by atoms with Gasteiger partial charge in [-0.2, -0.15) is 0 Å². The minimum absolute atomic E-state index is 0.136. The van der Waals surface area contributed by atoms with Crippen LogP contribution in [0.3, 0.4) is 0 Å². The van der Waals surface area contributed by atoms with Crippen molar-refractivity contribution in [1.82, 2.24) is 0 Å². The van der Waals surface area contributed by atoms with E-state index >= 15 is 0 Å². The molecule has 6 heteroatoms. The van der Waals surface area contributed by atoms with Crippen LogP contribution in [0.15, 0.2) is 22.7 Å². The molecule has 0 saturated carbocycles. The smallest absolute Gasteiger partial charge is 0.153 e. The first-order chi connectivity index (χ1) is 9.41. The van der Waals surface area contributed by atoms with Gasteiger partial charge in [0.15, 0.2) is 9.84 Å². The Morgan fingerprint density at radius 2 is 2.00 bits per heavy atom. The van der Waals surface area contributed by atoms with Crippen molar-refractivity contribution in [1.29, 1.82) is 0 Å². The molecular formula is C14H21BrN2O2S. The fourth-order valence-corrected chi connectivity index (χ4v) is 4.02. The van der Waals surface area contributed by atoms with Crippen LogP contribution in [0, 0.1) is 0 Å². The number of nitrogens with zero attached hydrogens (tertiary/aromatic N) is 1. The molecule has 4 nitrogen and oxygen atoms in total. The second kappa shape index (κ2) is 6.45. The third-order valence-electron chi connectivity index (χ3n) is 3.73. The van der Waals surface area contributed by atoms with E-state index in [0.29, 0.717) is 13.1 Å². The van der Waals surface area contributed by atoms with Gasteiger partial charge >= 0.3 is 0 Å². The average molecular weight is 361 g/mol. The van der Waals surface area contributed by atoms with Crippen molar-refractivity contribution in [3.63, 3.8) is 0 Å². The summed E-state index contributed by atoms with van der Waals surface area (Å²) in [4.78, 5) is 2.16. The fraction of sp³-hybridized carbons (Fsp3) is 0.571.